The zero-order valence-electron chi connectivity index (χ0n) is 15.2. The fraction of sp³-hybridized carbons (Fsp3) is 0.190. The number of rotatable bonds is 6. The number of fused-ring (bicyclic) bond motifs is 1. The monoisotopic (exact) mass is 364 g/mol. The molecule has 0 aliphatic carbocycles. The lowest BCUT2D eigenvalue weighted by Crippen LogP contribution is -2.21. The highest BCUT2D eigenvalue weighted by Crippen LogP contribution is 2.22. The molecule has 0 radical (unpaired) electrons. The number of anilines is 1. The van der Waals surface area contributed by atoms with E-state index in [9.17, 15) is 14.9 Å². The molecule has 0 aliphatic rings. The first-order valence-electron chi connectivity index (χ1n) is 8.77. The quantitative estimate of drug-likeness (QED) is 0.359. The Hall–Kier alpha value is -3.41. The van der Waals surface area contributed by atoms with Gasteiger partial charge in [-0.25, -0.2) is 4.79 Å². The highest BCUT2D eigenvalue weighted by molar-refractivity contribution is 5.83. The van der Waals surface area contributed by atoms with Gasteiger partial charge >= 0.3 is 5.63 Å². The van der Waals surface area contributed by atoms with E-state index < -0.39 is 10.5 Å². The Morgan fingerprint density at radius 2 is 1.74 bits per heavy atom. The topological polar surface area (TPSA) is 76.6 Å². The second-order valence-corrected chi connectivity index (χ2v) is 6.07. The lowest BCUT2D eigenvalue weighted by molar-refractivity contribution is -0.384. The van der Waals surface area contributed by atoms with Crippen LogP contribution >= 0.6 is 0 Å². The normalized spacial score (nSPS) is 11.2. The van der Waals surface area contributed by atoms with Crippen molar-refractivity contribution in [1.29, 1.82) is 0 Å². The van der Waals surface area contributed by atoms with Crippen LogP contribution in [0.25, 0.3) is 23.1 Å². The largest absolute Gasteiger partial charge is 0.422 e. The van der Waals surface area contributed by atoms with E-state index in [2.05, 4.69) is 18.7 Å². The van der Waals surface area contributed by atoms with E-state index in [-0.39, 0.29) is 5.69 Å². The zero-order chi connectivity index (χ0) is 19.4. The van der Waals surface area contributed by atoms with Crippen molar-refractivity contribution in [2.45, 2.75) is 13.8 Å². The van der Waals surface area contributed by atoms with Crippen molar-refractivity contribution in [3.63, 3.8) is 0 Å². The highest BCUT2D eigenvalue weighted by atomic mass is 16.6. The van der Waals surface area contributed by atoms with Crippen LogP contribution in [0, 0.1) is 10.1 Å². The molecule has 0 unspecified atom stereocenters. The maximum atomic E-state index is 12.3. The molecule has 0 amide bonds. The van der Waals surface area contributed by atoms with E-state index in [4.69, 9.17) is 4.42 Å². The Kier molecular flexibility index (Phi) is 5.35. The molecule has 6 heteroatoms. The Bertz CT molecular complexity index is 1050. The molecule has 0 saturated heterocycles. The van der Waals surface area contributed by atoms with Crippen molar-refractivity contribution < 1.29 is 9.34 Å². The number of nitrogens with zero attached hydrogens (tertiary/aromatic N) is 2. The molecule has 1 heterocycles. The summed E-state index contributed by atoms with van der Waals surface area (Å²) in [6.45, 7) is 5.91. The Morgan fingerprint density at radius 1 is 1.04 bits per heavy atom. The van der Waals surface area contributed by atoms with Gasteiger partial charge in [0.25, 0.3) is 5.69 Å². The molecule has 2 aromatic carbocycles. The van der Waals surface area contributed by atoms with E-state index >= 15 is 0 Å². The van der Waals surface area contributed by atoms with E-state index in [0.29, 0.717) is 11.1 Å². The van der Waals surface area contributed by atoms with Crippen molar-refractivity contribution in [2.75, 3.05) is 18.0 Å². The maximum Gasteiger partial charge on any atom is 0.343 e. The van der Waals surface area contributed by atoms with Gasteiger partial charge in [-0.05, 0) is 55.8 Å². The fourth-order valence-corrected chi connectivity index (χ4v) is 2.91. The molecule has 0 saturated carbocycles. The lowest BCUT2D eigenvalue weighted by atomic mass is 10.1. The van der Waals surface area contributed by atoms with Crippen LogP contribution in [0.1, 0.15) is 25.0 Å². The summed E-state index contributed by atoms with van der Waals surface area (Å²) in [6, 6.07) is 13.7. The average Bonchev–Trinajstić information content (AvgIpc) is 2.67. The number of nitro groups is 1. The van der Waals surface area contributed by atoms with Gasteiger partial charge in [-0.3, -0.25) is 10.1 Å². The van der Waals surface area contributed by atoms with Gasteiger partial charge in [0.1, 0.15) is 5.58 Å². The summed E-state index contributed by atoms with van der Waals surface area (Å²) in [6.07, 6.45) is 3.39. The Balaban J connectivity index is 1.91. The number of nitro benzene ring substituents is 1. The molecule has 0 N–H and O–H groups in total. The molecule has 27 heavy (non-hydrogen) atoms. The van der Waals surface area contributed by atoms with Crippen LogP contribution in [-0.2, 0) is 0 Å². The van der Waals surface area contributed by atoms with Gasteiger partial charge in [-0.1, -0.05) is 6.08 Å². The van der Waals surface area contributed by atoms with Gasteiger partial charge in [0.2, 0.25) is 0 Å². The molecule has 3 rings (SSSR count). The summed E-state index contributed by atoms with van der Waals surface area (Å²) in [5.74, 6) is 0. The molecule has 0 spiro atoms. The molecule has 138 valence electrons. The summed E-state index contributed by atoms with van der Waals surface area (Å²) < 4.78 is 5.49. The molecule has 0 atom stereocenters. The second-order valence-electron chi connectivity index (χ2n) is 6.07. The number of hydrogen-bond donors (Lipinski definition) is 0. The fourth-order valence-electron chi connectivity index (χ4n) is 2.91. The minimum absolute atomic E-state index is 0.0291. The summed E-state index contributed by atoms with van der Waals surface area (Å²) in [5.41, 5.74) is 2.37. The van der Waals surface area contributed by atoms with Gasteiger partial charge in [0.05, 0.1) is 10.5 Å². The van der Waals surface area contributed by atoms with Gasteiger partial charge < -0.3 is 9.32 Å². The average molecular weight is 364 g/mol. The smallest absolute Gasteiger partial charge is 0.343 e. The highest BCUT2D eigenvalue weighted by Gasteiger charge is 2.07. The van der Waals surface area contributed by atoms with Crippen molar-refractivity contribution in [3.8, 4) is 0 Å². The van der Waals surface area contributed by atoms with Crippen LogP contribution in [0.4, 0.5) is 11.4 Å². The molecular weight excluding hydrogens is 344 g/mol. The molecule has 3 aromatic rings. The summed E-state index contributed by atoms with van der Waals surface area (Å²) in [5, 5.41) is 11.5. The summed E-state index contributed by atoms with van der Waals surface area (Å²) in [7, 11) is 0. The molecular formula is C21H20N2O4. The number of hydrogen-bond acceptors (Lipinski definition) is 5. The first-order valence-corrected chi connectivity index (χ1v) is 8.77. The van der Waals surface area contributed by atoms with Gasteiger partial charge in [-0.15, -0.1) is 0 Å². The van der Waals surface area contributed by atoms with Crippen LogP contribution in [0.5, 0.6) is 0 Å². The minimum atomic E-state index is -0.447. The van der Waals surface area contributed by atoms with Crippen molar-refractivity contribution in [3.05, 3.63) is 80.2 Å². The molecule has 1 aromatic heterocycles. The predicted molar refractivity (Wildman–Crippen MR) is 108 cm³/mol. The maximum absolute atomic E-state index is 12.3. The van der Waals surface area contributed by atoms with Gasteiger partial charge in [0.15, 0.2) is 0 Å². The standard InChI is InChI=1S/C21H20N2O4/c1-3-22(4-2)19-12-9-16-13-17(21(24)27-20(16)14-19)8-5-15-6-10-18(11-7-15)23(25)26/h5-14H,3-4H2,1-2H3/b8-5+. The molecule has 0 aliphatic heterocycles. The van der Waals surface area contributed by atoms with Crippen LogP contribution in [0.15, 0.2) is 57.7 Å². The first kappa shape index (κ1) is 18.4. The Morgan fingerprint density at radius 3 is 2.37 bits per heavy atom. The van der Waals surface area contributed by atoms with Crippen molar-refractivity contribution in [1.82, 2.24) is 0 Å². The first-order chi connectivity index (χ1) is 13.0. The van der Waals surface area contributed by atoms with E-state index in [1.807, 2.05) is 18.2 Å². The third-order valence-electron chi connectivity index (χ3n) is 4.43. The number of non-ortho nitro benzene ring substituents is 1. The summed E-state index contributed by atoms with van der Waals surface area (Å²) in [4.78, 5) is 24.7. The second kappa shape index (κ2) is 7.86. The van der Waals surface area contributed by atoms with E-state index in [1.54, 1.807) is 30.4 Å². The van der Waals surface area contributed by atoms with E-state index in [0.717, 1.165) is 29.7 Å². The number of benzene rings is 2. The van der Waals surface area contributed by atoms with Crippen molar-refractivity contribution >= 4 is 34.5 Å². The Labute approximate surface area is 156 Å². The third kappa shape index (κ3) is 4.06. The van der Waals surface area contributed by atoms with Crippen molar-refractivity contribution in [2.24, 2.45) is 0 Å². The van der Waals surface area contributed by atoms with Crippen LogP contribution in [0.2, 0.25) is 0 Å². The van der Waals surface area contributed by atoms with E-state index in [1.165, 1.54) is 12.1 Å². The van der Waals surface area contributed by atoms with Crippen LogP contribution in [0.3, 0.4) is 0 Å². The molecule has 0 fully saturated rings. The predicted octanol–water partition coefficient (Wildman–Crippen LogP) is 4.72. The minimum Gasteiger partial charge on any atom is -0.422 e. The summed E-state index contributed by atoms with van der Waals surface area (Å²) >= 11 is 0. The third-order valence-corrected chi connectivity index (χ3v) is 4.43. The SMILES string of the molecule is CCN(CC)c1ccc2cc(/C=C/c3ccc([N+](=O)[O-])cc3)c(=O)oc2c1. The lowest BCUT2D eigenvalue weighted by Gasteiger charge is -2.20. The van der Waals surface area contributed by atoms with Gasteiger partial charge in [-0.2, -0.15) is 0 Å². The molecule has 0 bridgehead atoms. The molecule has 6 nitrogen and oxygen atoms in total. The zero-order valence-corrected chi connectivity index (χ0v) is 15.2. The van der Waals surface area contributed by atoms with Crippen LogP contribution in [-0.4, -0.2) is 18.0 Å². The van der Waals surface area contributed by atoms with Crippen LogP contribution < -0.4 is 10.5 Å². The van der Waals surface area contributed by atoms with Gasteiger partial charge in [0, 0.05) is 42.4 Å².